The molecule has 2 aliphatic carbocycles. The van der Waals surface area contributed by atoms with Gasteiger partial charge in [0, 0.05) is 58.4 Å². The van der Waals surface area contributed by atoms with Gasteiger partial charge in [-0.15, -0.1) is 0 Å². The van der Waals surface area contributed by atoms with E-state index in [9.17, 15) is 18.8 Å². The Balaban J connectivity index is 1.52. The molecule has 186 valence electrons. The number of amides is 1. The average Bonchev–Trinajstić information content (AvgIpc) is 2.86. The van der Waals surface area contributed by atoms with Crippen LogP contribution >= 0.6 is 15.9 Å². The third kappa shape index (κ3) is 4.50. The van der Waals surface area contributed by atoms with Crippen LogP contribution < -0.4 is 10.1 Å². The summed E-state index contributed by atoms with van der Waals surface area (Å²) in [5.74, 6) is -1.10. The Hall–Kier alpha value is -3.26. The molecular weight excluding hydrogens is 527 g/mol. The van der Waals surface area contributed by atoms with Gasteiger partial charge in [0.25, 0.3) is 5.91 Å². The minimum absolute atomic E-state index is 0.0428. The Morgan fingerprint density at radius 3 is 2.31 bits per heavy atom. The van der Waals surface area contributed by atoms with E-state index >= 15 is 0 Å². The minimum Gasteiger partial charge on any atom is -0.483 e. The van der Waals surface area contributed by atoms with Crippen molar-refractivity contribution in [2.24, 2.45) is 0 Å². The number of hydrogen-bond donors (Lipinski definition) is 1. The zero-order valence-corrected chi connectivity index (χ0v) is 21.5. The van der Waals surface area contributed by atoms with Gasteiger partial charge in [-0.1, -0.05) is 28.1 Å². The standard InChI is InChI=1S/C28H26BrFN2O4/c1-32-20-8-4-10-22(33)27(20)26(28-21(32)9-5-11-23(28)34)17-14-16(29)12-13-24(17)36-15-25(35)31-19-7-3-2-6-18(19)30/h2-3,6-7,12-14,26H,4-5,8-11,15H2,1H3,(H,31,35). The molecule has 0 aromatic heterocycles. The third-order valence-electron chi connectivity index (χ3n) is 7.03. The normalized spacial score (nSPS) is 18.2. The molecule has 1 amide bonds. The molecule has 0 unspecified atom stereocenters. The Morgan fingerprint density at radius 2 is 1.67 bits per heavy atom. The maximum atomic E-state index is 13.9. The summed E-state index contributed by atoms with van der Waals surface area (Å²) < 4.78 is 20.7. The first-order chi connectivity index (χ1) is 17.3. The van der Waals surface area contributed by atoms with Gasteiger partial charge in [-0.2, -0.15) is 0 Å². The lowest BCUT2D eigenvalue weighted by atomic mass is 9.71. The number of nitrogens with zero attached hydrogens (tertiary/aromatic N) is 1. The zero-order valence-electron chi connectivity index (χ0n) is 19.9. The van der Waals surface area contributed by atoms with E-state index in [-0.39, 0.29) is 23.9 Å². The molecule has 5 rings (SSSR count). The molecule has 0 fully saturated rings. The summed E-state index contributed by atoms with van der Waals surface area (Å²) in [6.07, 6.45) is 3.99. The molecule has 0 atom stereocenters. The number of ketones is 2. The van der Waals surface area contributed by atoms with E-state index in [0.29, 0.717) is 35.3 Å². The van der Waals surface area contributed by atoms with Gasteiger partial charge in [0.1, 0.15) is 11.6 Å². The van der Waals surface area contributed by atoms with Gasteiger partial charge in [0.2, 0.25) is 0 Å². The second-order valence-corrected chi connectivity index (χ2v) is 10.2. The fraction of sp³-hybridized carbons (Fsp3) is 0.321. The Kier molecular flexibility index (Phi) is 6.79. The summed E-state index contributed by atoms with van der Waals surface area (Å²) in [7, 11) is 1.95. The molecule has 1 heterocycles. The molecule has 8 heteroatoms. The second-order valence-electron chi connectivity index (χ2n) is 9.27. The molecule has 3 aliphatic rings. The van der Waals surface area contributed by atoms with Crippen LogP contribution in [0.2, 0.25) is 0 Å². The number of halogens is 2. The summed E-state index contributed by atoms with van der Waals surface area (Å²) in [4.78, 5) is 41.1. The van der Waals surface area contributed by atoms with Crippen molar-refractivity contribution in [2.45, 2.75) is 44.4 Å². The summed E-state index contributed by atoms with van der Waals surface area (Å²) in [6, 6.07) is 11.3. The highest BCUT2D eigenvalue weighted by Crippen LogP contribution is 2.50. The number of rotatable bonds is 5. The smallest absolute Gasteiger partial charge is 0.262 e. The summed E-state index contributed by atoms with van der Waals surface area (Å²) in [6.45, 7) is -0.352. The number of para-hydroxylation sites is 1. The van der Waals surface area contributed by atoms with Gasteiger partial charge in [0.15, 0.2) is 18.2 Å². The molecule has 0 bridgehead atoms. The van der Waals surface area contributed by atoms with E-state index in [1.54, 1.807) is 24.3 Å². The van der Waals surface area contributed by atoms with Crippen LogP contribution in [0.1, 0.15) is 50.0 Å². The number of allylic oxidation sites excluding steroid dienone is 4. The molecule has 0 spiro atoms. The average molecular weight is 553 g/mol. The Labute approximate surface area is 217 Å². The summed E-state index contributed by atoms with van der Waals surface area (Å²) >= 11 is 3.52. The number of ether oxygens (including phenoxy) is 1. The molecule has 36 heavy (non-hydrogen) atoms. The van der Waals surface area contributed by atoms with Crippen LogP contribution in [0.15, 0.2) is 69.5 Å². The van der Waals surface area contributed by atoms with Crippen LogP contribution in [0, 0.1) is 5.82 Å². The highest BCUT2D eigenvalue weighted by Gasteiger charge is 2.43. The van der Waals surface area contributed by atoms with Crippen molar-refractivity contribution in [1.82, 2.24) is 4.90 Å². The number of anilines is 1. The van der Waals surface area contributed by atoms with E-state index in [0.717, 1.165) is 41.6 Å². The topological polar surface area (TPSA) is 75.7 Å². The van der Waals surface area contributed by atoms with Gasteiger partial charge in [-0.3, -0.25) is 14.4 Å². The predicted molar refractivity (Wildman–Crippen MR) is 137 cm³/mol. The zero-order chi connectivity index (χ0) is 25.4. The molecule has 2 aromatic rings. The lowest BCUT2D eigenvalue weighted by Gasteiger charge is -2.42. The largest absolute Gasteiger partial charge is 0.483 e. The monoisotopic (exact) mass is 552 g/mol. The maximum absolute atomic E-state index is 13.9. The van der Waals surface area contributed by atoms with Crippen molar-refractivity contribution in [3.63, 3.8) is 0 Å². The number of nitrogens with one attached hydrogen (secondary N) is 1. The van der Waals surface area contributed by atoms with Crippen LogP contribution in [0.4, 0.5) is 10.1 Å². The first-order valence-electron chi connectivity index (χ1n) is 12.1. The molecule has 6 nitrogen and oxygen atoms in total. The van der Waals surface area contributed by atoms with Gasteiger partial charge < -0.3 is 15.0 Å². The van der Waals surface area contributed by atoms with E-state index in [4.69, 9.17) is 4.74 Å². The molecule has 0 saturated heterocycles. The van der Waals surface area contributed by atoms with Gasteiger partial charge in [-0.05, 0) is 56.0 Å². The molecule has 2 aromatic carbocycles. The van der Waals surface area contributed by atoms with Crippen LogP contribution in [0.3, 0.4) is 0 Å². The first-order valence-corrected chi connectivity index (χ1v) is 12.9. The lowest BCUT2D eigenvalue weighted by molar-refractivity contribution is -0.119. The number of carbonyl (C=O) groups is 3. The number of Topliss-reactive ketones (excluding diaryl/α,β-unsaturated/α-hetero) is 2. The second kappa shape index (κ2) is 10.0. The van der Waals surface area contributed by atoms with Crippen LogP contribution in [-0.2, 0) is 14.4 Å². The Bertz CT molecular complexity index is 1290. The Morgan fingerprint density at radius 1 is 1.03 bits per heavy atom. The number of benzene rings is 2. The summed E-state index contributed by atoms with van der Waals surface area (Å²) in [5, 5.41) is 2.52. The van der Waals surface area contributed by atoms with Crippen molar-refractivity contribution >= 4 is 39.1 Å². The number of hydrogen-bond acceptors (Lipinski definition) is 5. The van der Waals surface area contributed by atoms with Crippen molar-refractivity contribution in [3.8, 4) is 5.75 Å². The van der Waals surface area contributed by atoms with Crippen LogP contribution in [0.5, 0.6) is 5.75 Å². The SMILES string of the molecule is CN1C2=C(C(=O)CCC2)C(c2cc(Br)ccc2OCC(=O)Nc2ccccc2F)C2=C1CCCC2=O. The van der Waals surface area contributed by atoms with Crippen LogP contribution in [0.25, 0.3) is 0 Å². The minimum atomic E-state index is -0.547. The van der Waals surface area contributed by atoms with Crippen molar-refractivity contribution in [3.05, 3.63) is 80.9 Å². The van der Waals surface area contributed by atoms with Gasteiger partial charge >= 0.3 is 0 Å². The number of carbonyl (C=O) groups excluding carboxylic acids is 3. The van der Waals surface area contributed by atoms with Gasteiger partial charge in [0.05, 0.1) is 5.69 Å². The lowest BCUT2D eigenvalue weighted by Crippen LogP contribution is -2.37. The molecule has 0 saturated carbocycles. The maximum Gasteiger partial charge on any atom is 0.262 e. The van der Waals surface area contributed by atoms with E-state index < -0.39 is 17.6 Å². The molecule has 1 aliphatic heterocycles. The highest BCUT2D eigenvalue weighted by molar-refractivity contribution is 9.10. The van der Waals surface area contributed by atoms with E-state index in [1.807, 2.05) is 13.1 Å². The van der Waals surface area contributed by atoms with Crippen molar-refractivity contribution in [1.29, 1.82) is 0 Å². The third-order valence-corrected chi connectivity index (χ3v) is 7.53. The van der Waals surface area contributed by atoms with E-state index in [2.05, 4.69) is 26.1 Å². The summed E-state index contributed by atoms with van der Waals surface area (Å²) in [5.41, 5.74) is 3.97. The fourth-order valence-electron chi connectivity index (χ4n) is 5.43. The predicted octanol–water partition coefficient (Wildman–Crippen LogP) is 5.65. The quantitative estimate of drug-likeness (QED) is 0.518. The van der Waals surface area contributed by atoms with Crippen molar-refractivity contribution in [2.75, 3.05) is 19.0 Å². The fourth-order valence-corrected chi connectivity index (χ4v) is 5.81. The molecular formula is C28H26BrFN2O4. The van der Waals surface area contributed by atoms with Crippen molar-refractivity contribution < 1.29 is 23.5 Å². The first kappa shape index (κ1) is 24.4. The van der Waals surface area contributed by atoms with E-state index in [1.165, 1.54) is 12.1 Å². The molecule has 1 N–H and O–H groups in total. The van der Waals surface area contributed by atoms with Gasteiger partial charge in [-0.25, -0.2) is 4.39 Å². The molecule has 0 radical (unpaired) electrons. The highest BCUT2D eigenvalue weighted by atomic mass is 79.9. The van der Waals surface area contributed by atoms with Crippen LogP contribution in [-0.4, -0.2) is 36.0 Å².